The number of nitrogens with one attached hydrogen (secondary N) is 1. The van der Waals surface area contributed by atoms with Crippen molar-refractivity contribution in [3.05, 3.63) is 35.4 Å². The van der Waals surface area contributed by atoms with Crippen LogP contribution < -0.4 is 5.32 Å². The molecule has 26 heavy (non-hydrogen) atoms. The quantitative estimate of drug-likeness (QED) is 0.737. The van der Waals surface area contributed by atoms with Gasteiger partial charge in [-0.3, -0.25) is 9.59 Å². The molecule has 1 heterocycles. The van der Waals surface area contributed by atoms with E-state index in [1.165, 1.54) is 0 Å². The van der Waals surface area contributed by atoms with Crippen molar-refractivity contribution in [2.24, 2.45) is 11.3 Å². The number of amides is 2. The Hall–Kier alpha value is -1.92. The second-order valence-electron chi connectivity index (χ2n) is 7.73. The first-order valence-electron chi connectivity index (χ1n) is 9.03. The Bertz CT molecular complexity index is 644. The summed E-state index contributed by atoms with van der Waals surface area (Å²) in [5.74, 6) is -0.625. The Morgan fingerprint density at radius 1 is 1.38 bits per heavy atom. The third-order valence-corrected chi connectivity index (χ3v) is 4.98. The van der Waals surface area contributed by atoms with Gasteiger partial charge >= 0.3 is 0 Å². The number of rotatable bonds is 8. The highest BCUT2D eigenvalue weighted by molar-refractivity contribution is 5.90. The van der Waals surface area contributed by atoms with E-state index in [1.54, 1.807) is 12.0 Å². The van der Waals surface area contributed by atoms with Crippen molar-refractivity contribution in [3.63, 3.8) is 0 Å². The highest BCUT2D eigenvalue weighted by atomic mass is 16.5. The predicted octanol–water partition coefficient (Wildman–Crippen LogP) is 1.67. The normalized spacial score (nSPS) is 20.5. The Morgan fingerprint density at radius 2 is 2.08 bits per heavy atom. The van der Waals surface area contributed by atoms with Crippen LogP contribution >= 0.6 is 0 Å². The van der Waals surface area contributed by atoms with Crippen LogP contribution in [0.5, 0.6) is 0 Å². The first kappa shape index (κ1) is 20.4. The van der Waals surface area contributed by atoms with Gasteiger partial charge < -0.3 is 20.1 Å². The molecule has 1 aliphatic rings. The zero-order chi connectivity index (χ0) is 19.3. The van der Waals surface area contributed by atoms with Crippen molar-refractivity contribution in [3.8, 4) is 0 Å². The van der Waals surface area contributed by atoms with E-state index in [9.17, 15) is 14.7 Å². The summed E-state index contributed by atoms with van der Waals surface area (Å²) < 4.78 is 5.15. The van der Waals surface area contributed by atoms with Crippen LogP contribution in [0.3, 0.4) is 0 Å². The van der Waals surface area contributed by atoms with E-state index in [2.05, 4.69) is 5.32 Å². The summed E-state index contributed by atoms with van der Waals surface area (Å²) in [6, 6.07) is 7.57. The summed E-state index contributed by atoms with van der Waals surface area (Å²) in [6.07, 6.45) is 0.189. The molecule has 1 aromatic carbocycles. The van der Waals surface area contributed by atoms with Crippen LogP contribution in [0, 0.1) is 18.3 Å². The molecule has 6 heteroatoms. The number of nitrogens with zero attached hydrogens (tertiary/aromatic N) is 1. The van der Waals surface area contributed by atoms with E-state index in [-0.39, 0.29) is 30.9 Å². The van der Waals surface area contributed by atoms with Gasteiger partial charge in [0.15, 0.2) is 0 Å². The second-order valence-corrected chi connectivity index (χ2v) is 7.73. The van der Waals surface area contributed by atoms with E-state index in [0.29, 0.717) is 19.7 Å². The number of aliphatic hydroxyl groups excluding tert-OH is 1. The van der Waals surface area contributed by atoms with Crippen LogP contribution in [0.15, 0.2) is 24.3 Å². The Labute approximate surface area is 155 Å². The van der Waals surface area contributed by atoms with Crippen molar-refractivity contribution < 1.29 is 19.4 Å². The summed E-state index contributed by atoms with van der Waals surface area (Å²) in [7, 11) is 1.60. The summed E-state index contributed by atoms with van der Waals surface area (Å²) in [6.45, 7) is 7.01. The van der Waals surface area contributed by atoms with Crippen LogP contribution in [-0.2, 0) is 14.3 Å². The molecule has 6 nitrogen and oxygen atoms in total. The Kier molecular flexibility index (Phi) is 6.78. The summed E-state index contributed by atoms with van der Waals surface area (Å²) in [5.41, 5.74) is 1.66. The van der Waals surface area contributed by atoms with Crippen molar-refractivity contribution >= 4 is 11.8 Å². The molecule has 2 amide bonds. The van der Waals surface area contributed by atoms with Crippen LogP contribution in [0.2, 0.25) is 0 Å². The molecule has 0 radical (unpaired) electrons. The van der Waals surface area contributed by atoms with Crippen molar-refractivity contribution in [1.82, 2.24) is 10.2 Å². The first-order chi connectivity index (χ1) is 12.3. The molecule has 2 N–H and O–H groups in total. The summed E-state index contributed by atoms with van der Waals surface area (Å²) >= 11 is 0. The molecule has 0 aromatic heterocycles. The molecule has 0 bridgehead atoms. The van der Waals surface area contributed by atoms with Gasteiger partial charge in [-0.05, 0) is 18.1 Å². The number of ether oxygens (including phenoxy) is 1. The second kappa shape index (κ2) is 8.64. The molecule has 2 rings (SSSR count). The number of likely N-dealkylation sites (tertiary alicyclic amines) is 1. The molecule has 0 unspecified atom stereocenters. The lowest BCUT2D eigenvalue weighted by molar-refractivity contribution is -0.129. The number of carbonyl (C=O) groups excluding carboxylic acids is 2. The van der Waals surface area contributed by atoms with Crippen molar-refractivity contribution in [2.45, 2.75) is 33.2 Å². The van der Waals surface area contributed by atoms with Gasteiger partial charge in [-0.1, -0.05) is 38.1 Å². The minimum absolute atomic E-state index is 0.0158. The lowest BCUT2D eigenvalue weighted by Gasteiger charge is -2.30. The molecule has 1 aromatic rings. The number of methoxy groups -OCH3 is 1. The first-order valence-corrected chi connectivity index (χ1v) is 9.03. The number of aryl methyl sites for hydroxylation is 1. The van der Waals surface area contributed by atoms with Crippen LogP contribution in [-0.4, -0.2) is 55.2 Å². The smallest absolute Gasteiger partial charge is 0.226 e. The zero-order valence-electron chi connectivity index (χ0n) is 16.1. The molecule has 144 valence electrons. The SMILES string of the molecule is COCCN1C(=O)C[C@@H](C(=O)NCC(C)(C)CO)[C@@H]1c1ccccc1C. The molecular formula is C20H30N2O4. The van der Waals surface area contributed by atoms with Gasteiger partial charge in [-0.25, -0.2) is 0 Å². The highest BCUT2D eigenvalue weighted by Gasteiger charge is 2.44. The Balaban J connectivity index is 2.27. The monoisotopic (exact) mass is 362 g/mol. The van der Waals surface area contributed by atoms with Crippen LogP contribution in [0.1, 0.15) is 37.4 Å². The maximum atomic E-state index is 12.9. The van der Waals surface area contributed by atoms with E-state index >= 15 is 0 Å². The molecule has 0 spiro atoms. The largest absolute Gasteiger partial charge is 0.396 e. The van der Waals surface area contributed by atoms with Gasteiger partial charge in [0.2, 0.25) is 11.8 Å². The predicted molar refractivity (Wildman–Crippen MR) is 99.5 cm³/mol. The van der Waals surface area contributed by atoms with Gasteiger partial charge in [0, 0.05) is 38.6 Å². The van der Waals surface area contributed by atoms with E-state index in [1.807, 2.05) is 45.0 Å². The van der Waals surface area contributed by atoms with E-state index in [4.69, 9.17) is 4.74 Å². The fraction of sp³-hybridized carbons (Fsp3) is 0.600. The minimum Gasteiger partial charge on any atom is -0.396 e. The average molecular weight is 362 g/mol. The molecule has 1 saturated heterocycles. The van der Waals surface area contributed by atoms with Crippen LogP contribution in [0.4, 0.5) is 0 Å². The third kappa shape index (κ3) is 4.62. The fourth-order valence-corrected chi connectivity index (χ4v) is 3.30. The highest BCUT2D eigenvalue weighted by Crippen LogP contribution is 2.39. The zero-order valence-corrected chi connectivity index (χ0v) is 16.1. The minimum atomic E-state index is -0.449. The molecule has 2 atom stereocenters. The van der Waals surface area contributed by atoms with Gasteiger partial charge in [0.25, 0.3) is 0 Å². The number of carbonyl (C=O) groups is 2. The lowest BCUT2D eigenvalue weighted by atomic mass is 9.89. The van der Waals surface area contributed by atoms with Gasteiger partial charge in [-0.15, -0.1) is 0 Å². The summed E-state index contributed by atoms with van der Waals surface area (Å²) in [4.78, 5) is 27.2. The van der Waals surface area contributed by atoms with E-state index < -0.39 is 11.3 Å². The standard InChI is InChI=1S/C20H30N2O4/c1-14-7-5-6-8-15(14)18-16(11-17(24)22(18)9-10-26-4)19(25)21-12-20(2,3)13-23/h5-8,16,18,23H,9-13H2,1-4H3,(H,21,25)/t16-,18+/m1/s1. The third-order valence-electron chi connectivity index (χ3n) is 4.98. The maximum absolute atomic E-state index is 12.9. The summed E-state index contributed by atoms with van der Waals surface area (Å²) in [5, 5.41) is 12.3. The fourth-order valence-electron chi connectivity index (χ4n) is 3.30. The molecule has 0 aliphatic carbocycles. The number of aliphatic hydroxyl groups is 1. The average Bonchev–Trinajstić information content (AvgIpc) is 2.94. The van der Waals surface area contributed by atoms with Gasteiger partial charge in [0.1, 0.15) is 0 Å². The van der Waals surface area contributed by atoms with Gasteiger partial charge in [0.05, 0.1) is 18.6 Å². The topological polar surface area (TPSA) is 78.9 Å². The lowest BCUT2D eigenvalue weighted by Crippen LogP contribution is -2.41. The molecule has 0 saturated carbocycles. The molecule has 1 aliphatic heterocycles. The van der Waals surface area contributed by atoms with Gasteiger partial charge in [-0.2, -0.15) is 0 Å². The maximum Gasteiger partial charge on any atom is 0.226 e. The number of hydrogen-bond acceptors (Lipinski definition) is 4. The van der Waals surface area contributed by atoms with Crippen molar-refractivity contribution in [1.29, 1.82) is 0 Å². The Morgan fingerprint density at radius 3 is 2.69 bits per heavy atom. The molecule has 1 fully saturated rings. The number of hydrogen-bond donors (Lipinski definition) is 2. The number of benzene rings is 1. The van der Waals surface area contributed by atoms with Crippen molar-refractivity contribution in [2.75, 3.05) is 33.4 Å². The van der Waals surface area contributed by atoms with E-state index in [0.717, 1.165) is 11.1 Å². The molecular weight excluding hydrogens is 332 g/mol. The van der Waals surface area contributed by atoms with Crippen LogP contribution in [0.25, 0.3) is 0 Å².